The highest BCUT2D eigenvalue weighted by Crippen LogP contribution is 2.29. The normalized spacial score (nSPS) is 13.8. The summed E-state index contributed by atoms with van der Waals surface area (Å²) in [5, 5.41) is 7.14. The second kappa shape index (κ2) is 7.66. The Morgan fingerprint density at radius 3 is 2.36 bits per heavy atom. The van der Waals surface area contributed by atoms with Crippen molar-refractivity contribution in [3.8, 4) is 0 Å². The van der Waals surface area contributed by atoms with E-state index >= 15 is 0 Å². The lowest BCUT2D eigenvalue weighted by molar-refractivity contribution is 0.206. The summed E-state index contributed by atoms with van der Waals surface area (Å²) in [4.78, 5) is 14.7. The molecule has 0 radical (unpaired) electrons. The molecule has 0 fully saturated rings. The Morgan fingerprint density at radius 2 is 1.61 bits per heavy atom. The van der Waals surface area contributed by atoms with Crippen LogP contribution in [0.2, 0.25) is 10.0 Å². The Labute approximate surface area is 173 Å². The van der Waals surface area contributed by atoms with Crippen molar-refractivity contribution in [2.75, 3.05) is 11.9 Å². The van der Waals surface area contributed by atoms with Gasteiger partial charge in [0.25, 0.3) is 0 Å². The standard InChI is InChI=1S/C22H17Cl2N3O/c1-26-20-10-6-5-9-17(20)21(16-7-3-2-4-8-16)25-27(22(26)28)14-15-11-12-18(23)19(24)13-15/h2-13H,14H2,1H3. The van der Waals surface area contributed by atoms with E-state index in [0.29, 0.717) is 10.0 Å². The van der Waals surface area contributed by atoms with Gasteiger partial charge in [0.2, 0.25) is 0 Å². The van der Waals surface area contributed by atoms with Crippen LogP contribution in [0.3, 0.4) is 0 Å². The Hall–Kier alpha value is -2.82. The fourth-order valence-electron chi connectivity index (χ4n) is 3.18. The predicted molar refractivity (Wildman–Crippen MR) is 114 cm³/mol. The van der Waals surface area contributed by atoms with Crippen molar-refractivity contribution in [1.29, 1.82) is 0 Å². The van der Waals surface area contributed by atoms with Crippen LogP contribution in [0.4, 0.5) is 10.5 Å². The highest BCUT2D eigenvalue weighted by atomic mass is 35.5. The summed E-state index contributed by atoms with van der Waals surface area (Å²) in [5.41, 5.74) is 4.25. The van der Waals surface area contributed by atoms with Crippen molar-refractivity contribution >= 4 is 40.6 Å². The topological polar surface area (TPSA) is 35.9 Å². The van der Waals surface area contributed by atoms with Crippen molar-refractivity contribution in [3.05, 3.63) is 99.5 Å². The lowest BCUT2D eigenvalue weighted by Gasteiger charge is -2.22. The molecule has 0 aromatic heterocycles. The molecule has 0 aliphatic carbocycles. The molecule has 0 saturated heterocycles. The van der Waals surface area contributed by atoms with Gasteiger partial charge in [-0.2, -0.15) is 5.10 Å². The number of carbonyl (C=O) groups is 1. The molecule has 3 aromatic rings. The van der Waals surface area contributed by atoms with Gasteiger partial charge in [0, 0.05) is 18.2 Å². The molecule has 0 bridgehead atoms. The highest BCUT2D eigenvalue weighted by molar-refractivity contribution is 6.42. The van der Waals surface area contributed by atoms with Crippen LogP contribution in [0, 0.1) is 0 Å². The molecule has 1 heterocycles. The Kier molecular flexibility index (Phi) is 5.07. The number of nitrogens with zero attached hydrogens (tertiary/aromatic N) is 3. The fraction of sp³-hybridized carbons (Fsp3) is 0.0909. The lowest BCUT2D eigenvalue weighted by Crippen LogP contribution is -2.37. The fourth-order valence-corrected chi connectivity index (χ4v) is 3.50. The number of anilines is 1. The molecule has 2 amide bonds. The number of urea groups is 1. The molecule has 4 nitrogen and oxygen atoms in total. The first kappa shape index (κ1) is 18.5. The zero-order valence-electron chi connectivity index (χ0n) is 15.1. The molecule has 0 atom stereocenters. The summed E-state index contributed by atoms with van der Waals surface area (Å²) >= 11 is 12.2. The van der Waals surface area contributed by atoms with Gasteiger partial charge in [0.1, 0.15) is 5.71 Å². The molecule has 0 unspecified atom stereocenters. The first-order valence-electron chi connectivity index (χ1n) is 8.77. The zero-order valence-corrected chi connectivity index (χ0v) is 16.7. The first-order valence-corrected chi connectivity index (χ1v) is 9.53. The average Bonchev–Trinajstić information content (AvgIpc) is 2.82. The van der Waals surface area contributed by atoms with Crippen molar-refractivity contribution in [2.45, 2.75) is 6.54 Å². The summed E-state index contributed by atoms with van der Waals surface area (Å²) in [5.74, 6) is 0. The maximum absolute atomic E-state index is 13.1. The van der Waals surface area contributed by atoms with Gasteiger partial charge in [-0.15, -0.1) is 0 Å². The molecule has 6 heteroatoms. The van der Waals surface area contributed by atoms with E-state index < -0.39 is 0 Å². The highest BCUT2D eigenvalue weighted by Gasteiger charge is 2.27. The number of benzene rings is 3. The molecule has 4 rings (SSSR count). The van der Waals surface area contributed by atoms with Crippen molar-refractivity contribution in [2.24, 2.45) is 5.10 Å². The van der Waals surface area contributed by atoms with E-state index in [2.05, 4.69) is 0 Å². The van der Waals surface area contributed by atoms with Gasteiger partial charge < -0.3 is 0 Å². The predicted octanol–water partition coefficient (Wildman–Crippen LogP) is 5.82. The van der Waals surface area contributed by atoms with E-state index in [4.69, 9.17) is 28.3 Å². The van der Waals surface area contributed by atoms with E-state index in [1.54, 1.807) is 24.1 Å². The smallest absolute Gasteiger partial charge is 0.295 e. The number of hydrogen-bond acceptors (Lipinski definition) is 2. The molecular formula is C22H17Cl2N3O. The Morgan fingerprint density at radius 1 is 0.893 bits per heavy atom. The average molecular weight is 410 g/mol. The van der Waals surface area contributed by atoms with E-state index in [0.717, 1.165) is 28.1 Å². The first-order chi connectivity index (χ1) is 13.5. The number of halogens is 2. The van der Waals surface area contributed by atoms with Crippen LogP contribution in [0.25, 0.3) is 0 Å². The molecule has 140 valence electrons. The third-order valence-corrected chi connectivity index (χ3v) is 5.35. The van der Waals surface area contributed by atoms with Crippen LogP contribution < -0.4 is 4.90 Å². The van der Waals surface area contributed by atoms with Gasteiger partial charge in [0.15, 0.2) is 0 Å². The van der Waals surface area contributed by atoms with Crippen LogP contribution >= 0.6 is 23.2 Å². The minimum Gasteiger partial charge on any atom is -0.295 e. The van der Waals surface area contributed by atoms with Gasteiger partial charge in [-0.05, 0) is 23.8 Å². The van der Waals surface area contributed by atoms with Crippen molar-refractivity contribution in [1.82, 2.24) is 5.01 Å². The van der Waals surface area contributed by atoms with Gasteiger partial charge in [-0.1, -0.05) is 77.8 Å². The van der Waals surface area contributed by atoms with Gasteiger partial charge in [0.05, 0.1) is 22.3 Å². The number of amides is 2. The molecule has 1 aliphatic rings. The third-order valence-electron chi connectivity index (χ3n) is 4.61. The maximum atomic E-state index is 13.1. The number of rotatable bonds is 3. The summed E-state index contributed by atoms with van der Waals surface area (Å²) in [6.45, 7) is 0.282. The number of carbonyl (C=O) groups excluding carboxylic acids is 1. The molecular weight excluding hydrogens is 393 g/mol. The summed E-state index contributed by atoms with van der Waals surface area (Å²) < 4.78 is 0. The Balaban J connectivity index is 1.82. The van der Waals surface area contributed by atoms with E-state index in [-0.39, 0.29) is 12.6 Å². The lowest BCUT2D eigenvalue weighted by atomic mass is 10.0. The summed E-state index contributed by atoms with van der Waals surface area (Å²) in [6.07, 6.45) is 0. The maximum Gasteiger partial charge on any atom is 0.344 e. The van der Waals surface area contributed by atoms with E-state index in [1.807, 2.05) is 60.7 Å². The van der Waals surface area contributed by atoms with Gasteiger partial charge in [-0.25, -0.2) is 9.80 Å². The van der Waals surface area contributed by atoms with Gasteiger partial charge >= 0.3 is 6.03 Å². The zero-order chi connectivity index (χ0) is 19.7. The number of para-hydroxylation sites is 1. The van der Waals surface area contributed by atoms with Gasteiger partial charge in [-0.3, -0.25) is 4.90 Å². The summed E-state index contributed by atoms with van der Waals surface area (Å²) in [7, 11) is 1.76. The van der Waals surface area contributed by atoms with Crippen LogP contribution in [0.5, 0.6) is 0 Å². The number of hydrogen-bond donors (Lipinski definition) is 0. The third kappa shape index (κ3) is 3.49. The number of hydrazone groups is 1. The van der Waals surface area contributed by atoms with Crippen LogP contribution in [0.1, 0.15) is 16.7 Å². The molecule has 3 aromatic carbocycles. The SMILES string of the molecule is CN1C(=O)N(Cc2ccc(Cl)c(Cl)c2)N=C(c2ccccc2)c2ccccc21. The largest absolute Gasteiger partial charge is 0.344 e. The minimum atomic E-state index is -0.218. The molecule has 0 N–H and O–H groups in total. The molecule has 28 heavy (non-hydrogen) atoms. The molecule has 0 spiro atoms. The van der Waals surface area contributed by atoms with E-state index in [1.165, 1.54) is 5.01 Å². The van der Waals surface area contributed by atoms with Crippen LogP contribution in [-0.4, -0.2) is 23.8 Å². The summed E-state index contributed by atoms with van der Waals surface area (Å²) in [6, 6.07) is 22.7. The van der Waals surface area contributed by atoms with Crippen LogP contribution in [-0.2, 0) is 6.54 Å². The van der Waals surface area contributed by atoms with Crippen LogP contribution in [0.15, 0.2) is 77.9 Å². The second-order valence-electron chi connectivity index (χ2n) is 6.48. The molecule has 1 aliphatic heterocycles. The quantitative estimate of drug-likeness (QED) is 0.536. The minimum absolute atomic E-state index is 0.218. The Bertz CT molecular complexity index is 1070. The van der Waals surface area contributed by atoms with Crippen molar-refractivity contribution in [3.63, 3.8) is 0 Å². The van der Waals surface area contributed by atoms with Crippen molar-refractivity contribution < 1.29 is 4.79 Å². The molecule has 0 saturated carbocycles. The monoisotopic (exact) mass is 409 g/mol. The second-order valence-corrected chi connectivity index (χ2v) is 7.29. The number of fused-ring (bicyclic) bond motifs is 1. The van der Waals surface area contributed by atoms with E-state index in [9.17, 15) is 4.79 Å².